The lowest BCUT2D eigenvalue weighted by molar-refractivity contribution is -0.133. The van der Waals surface area contributed by atoms with E-state index >= 15 is 0 Å². The summed E-state index contributed by atoms with van der Waals surface area (Å²) in [6, 6.07) is 5.73. The number of fused-ring (bicyclic) bond motifs is 1. The molecule has 27 heavy (non-hydrogen) atoms. The van der Waals surface area contributed by atoms with E-state index in [-0.39, 0.29) is 16.7 Å². The first kappa shape index (κ1) is 19.4. The molecule has 1 aromatic heterocycles. The van der Waals surface area contributed by atoms with Crippen LogP contribution in [0.15, 0.2) is 48.0 Å². The Balaban J connectivity index is 1.85. The molecule has 1 atom stereocenters. The highest BCUT2D eigenvalue weighted by Gasteiger charge is 2.31. The molecule has 1 aliphatic rings. The predicted octanol–water partition coefficient (Wildman–Crippen LogP) is 1.71. The maximum atomic E-state index is 12.7. The number of carbonyl (C=O) groups is 2. The first-order chi connectivity index (χ1) is 12.8. The summed E-state index contributed by atoms with van der Waals surface area (Å²) in [4.78, 5) is 30.6. The Bertz CT molecular complexity index is 1020. The van der Waals surface area contributed by atoms with Crippen LogP contribution in [0.3, 0.4) is 0 Å². The number of hydrogen-bond donors (Lipinski definition) is 1. The second-order valence-corrected chi connectivity index (χ2v) is 9.33. The summed E-state index contributed by atoms with van der Waals surface area (Å²) in [5.74, 6) is 0.697. The average Bonchev–Trinajstić information content (AvgIpc) is 2.66. The van der Waals surface area contributed by atoms with Crippen molar-refractivity contribution >= 4 is 50.0 Å². The maximum Gasteiger partial charge on any atom is 0.248 e. The van der Waals surface area contributed by atoms with Crippen LogP contribution in [0, 0.1) is 0 Å². The number of amides is 2. The standard InChI is InChI=1S/C18H19N3O4S2/c1-3-17(22)21-6-7-26-11-16(21)18(23)20-13-8-12-9-14(27(2,24)25)4-5-15(12)19-10-13/h3-5,8-10,16H,1,6-7,11H2,2H3,(H,20,23). The summed E-state index contributed by atoms with van der Waals surface area (Å²) < 4.78 is 23.5. The van der Waals surface area contributed by atoms with E-state index in [2.05, 4.69) is 16.9 Å². The van der Waals surface area contributed by atoms with E-state index in [4.69, 9.17) is 0 Å². The van der Waals surface area contributed by atoms with Crippen LogP contribution in [0.2, 0.25) is 0 Å². The summed E-state index contributed by atoms with van der Waals surface area (Å²) in [5, 5.41) is 3.38. The van der Waals surface area contributed by atoms with Gasteiger partial charge >= 0.3 is 0 Å². The van der Waals surface area contributed by atoms with E-state index < -0.39 is 15.9 Å². The Kier molecular flexibility index (Phi) is 5.52. The predicted molar refractivity (Wildman–Crippen MR) is 107 cm³/mol. The van der Waals surface area contributed by atoms with E-state index in [0.717, 1.165) is 12.0 Å². The molecule has 1 aliphatic heterocycles. The Morgan fingerprint density at radius 1 is 1.37 bits per heavy atom. The minimum Gasteiger partial charge on any atom is -0.325 e. The molecule has 0 bridgehead atoms. The number of pyridine rings is 1. The minimum atomic E-state index is -3.34. The third-order valence-corrected chi connectivity index (χ3v) is 6.37. The number of sulfone groups is 1. The van der Waals surface area contributed by atoms with Gasteiger partial charge < -0.3 is 10.2 Å². The number of thioether (sulfide) groups is 1. The fourth-order valence-corrected chi connectivity index (χ4v) is 4.54. The fourth-order valence-electron chi connectivity index (χ4n) is 2.84. The van der Waals surface area contributed by atoms with Crippen LogP contribution in [0.25, 0.3) is 10.9 Å². The zero-order chi connectivity index (χ0) is 19.6. The molecule has 1 unspecified atom stereocenters. The minimum absolute atomic E-state index is 0.187. The number of aromatic nitrogens is 1. The lowest BCUT2D eigenvalue weighted by Gasteiger charge is -2.33. The molecule has 142 valence electrons. The molecule has 0 saturated carbocycles. The average molecular weight is 406 g/mol. The van der Waals surface area contributed by atoms with E-state index in [1.54, 1.807) is 23.9 Å². The monoisotopic (exact) mass is 405 g/mol. The van der Waals surface area contributed by atoms with Crippen LogP contribution in [0.4, 0.5) is 5.69 Å². The van der Waals surface area contributed by atoms with Crippen LogP contribution in [0.1, 0.15) is 0 Å². The second-order valence-electron chi connectivity index (χ2n) is 6.17. The normalized spacial score (nSPS) is 17.5. The third-order valence-electron chi connectivity index (χ3n) is 4.24. The van der Waals surface area contributed by atoms with Crippen molar-refractivity contribution in [3.8, 4) is 0 Å². The van der Waals surface area contributed by atoms with Crippen molar-refractivity contribution in [3.05, 3.63) is 43.1 Å². The van der Waals surface area contributed by atoms with Crippen LogP contribution in [-0.4, -0.2) is 60.5 Å². The maximum absolute atomic E-state index is 12.7. The smallest absolute Gasteiger partial charge is 0.248 e. The molecular weight excluding hydrogens is 386 g/mol. The van der Waals surface area contributed by atoms with Crippen molar-refractivity contribution in [1.29, 1.82) is 0 Å². The van der Waals surface area contributed by atoms with Crippen LogP contribution in [0.5, 0.6) is 0 Å². The summed E-state index contributed by atoms with van der Waals surface area (Å²) in [7, 11) is -3.34. The molecule has 3 rings (SSSR count). The molecule has 1 N–H and O–H groups in total. The molecule has 2 aromatic rings. The van der Waals surface area contributed by atoms with Gasteiger partial charge in [-0.15, -0.1) is 0 Å². The highest BCUT2D eigenvalue weighted by Crippen LogP contribution is 2.22. The van der Waals surface area contributed by atoms with Gasteiger partial charge in [-0.2, -0.15) is 11.8 Å². The highest BCUT2D eigenvalue weighted by atomic mass is 32.2. The summed E-state index contributed by atoms with van der Waals surface area (Å²) in [6.45, 7) is 3.97. The Morgan fingerprint density at radius 3 is 2.85 bits per heavy atom. The van der Waals surface area contributed by atoms with Crippen molar-refractivity contribution in [2.45, 2.75) is 10.9 Å². The lowest BCUT2D eigenvalue weighted by atomic mass is 10.2. The van der Waals surface area contributed by atoms with Crippen molar-refractivity contribution in [3.63, 3.8) is 0 Å². The molecule has 0 aliphatic carbocycles. The van der Waals surface area contributed by atoms with Crippen molar-refractivity contribution in [1.82, 2.24) is 9.88 Å². The third kappa shape index (κ3) is 4.30. The molecule has 7 nitrogen and oxygen atoms in total. The molecular formula is C18H19N3O4S2. The first-order valence-electron chi connectivity index (χ1n) is 8.21. The van der Waals surface area contributed by atoms with Gasteiger partial charge in [0.1, 0.15) is 6.04 Å². The molecule has 1 aromatic carbocycles. The van der Waals surface area contributed by atoms with Gasteiger partial charge in [-0.1, -0.05) is 6.58 Å². The molecule has 1 saturated heterocycles. The van der Waals surface area contributed by atoms with Gasteiger partial charge in [0.15, 0.2) is 9.84 Å². The lowest BCUT2D eigenvalue weighted by Crippen LogP contribution is -2.51. The van der Waals surface area contributed by atoms with Gasteiger partial charge in [-0.25, -0.2) is 8.42 Å². The molecule has 2 heterocycles. The number of carbonyl (C=O) groups excluding carboxylic acids is 2. The zero-order valence-corrected chi connectivity index (χ0v) is 16.3. The van der Waals surface area contributed by atoms with E-state index in [9.17, 15) is 18.0 Å². The molecule has 1 fully saturated rings. The summed E-state index contributed by atoms with van der Waals surface area (Å²) in [6.07, 6.45) is 3.86. The number of hydrogen-bond acceptors (Lipinski definition) is 6. The molecule has 0 spiro atoms. The van der Waals surface area contributed by atoms with E-state index in [1.807, 2.05) is 0 Å². The number of rotatable bonds is 4. The van der Waals surface area contributed by atoms with Crippen LogP contribution in [-0.2, 0) is 19.4 Å². The highest BCUT2D eigenvalue weighted by molar-refractivity contribution is 7.99. The van der Waals surface area contributed by atoms with Crippen LogP contribution < -0.4 is 5.32 Å². The zero-order valence-electron chi connectivity index (χ0n) is 14.7. The van der Waals surface area contributed by atoms with Gasteiger partial charge in [-0.3, -0.25) is 14.6 Å². The molecule has 0 radical (unpaired) electrons. The Hall–Kier alpha value is -2.39. The van der Waals surface area contributed by atoms with Gasteiger partial charge in [0, 0.05) is 29.7 Å². The number of nitrogens with zero attached hydrogens (tertiary/aromatic N) is 2. The van der Waals surface area contributed by atoms with E-state index in [0.29, 0.717) is 28.9 Å². The second kappa shape index (κ2) is 7.69. The summed E-state index contributed by atoms with van der Waals surface area (Å²) in [5.41, 5.74) is 1.07. The quantitative estimate of drug-likeness (QED) is 0.778. The number of nitrogens with one attached hydrogen (secondary N) is 1. The number of benzene rings is 1. The van der Waals surface area contributed by atoms with Gasteiger partial charge in [0.2, 0.25) is 11.8 Å². The van der Waals surface area contributed by atoms with Crippen molar-refractivity contribution in [2.24, 2.45) is 0 Å². The largest absolute Gasteiger partial charge is 0.325 e. The SMILES string of the molecule is C=CC(=O)N1CCSCC1C(=O)Nc1cnc2ccc(S(C)(=O)=O)cc2c1. The topological polar surface area (TPSA) is 96.4 Å². The first-order valence-corrected chi connectivity index (χ1v) is 11.3. The summed E-state index contributed by atoms with van der Waals surface area (Å²) >= 11 is 1.61. The Labute approximate surface area is 161 Å². The van der Waals surface area contributed by atoms with Gasteiger partial charge in [-0.05, 0) is 30.3 Å². The van der Waals surface area contributed by atoms with Crippen molar-refractivity contribution in [2.75, 3.05) is 29.6 Å². The number of anilines is 1. The van der Waals surface area contributed by atoms with Gasteiger partial charge in [0.25, 0.3) is 0 Å². The Morgan fingerprint density at radius 2 is 2.15 bits per heavy atom. The fraction of sp³-hybridized carbons (Fsp3) is 0.278. The van der Waals surface area contributed by atoms with Crippen molar-refractivity contribution < 1.29 is 18.0 Å². The van der Waals surface area contributed by atoms with E-state index in [1.165, 1.54) is 29.3 Å². The van der Waals surface area contributed by atoms with Crippen LogP contribution >= 0.6 is 11.8 Å². The molecule has 2 amide bonds. The molecule has 9 heteroatoms. The van der Waals surface area contributed by atoms with Gasteiger partial charge in [0.05, 0.1) is 22.3 Å².